The monoisotopic (exact) mass is 889 g/mol. The van der Waals surface area contributed by atoms with E-state index < -0.39 is 63.1 Å². The minimum atomic E-state index is -5.05. The lowest BCUT2D eigenvalue weighted by Crippen LogP contribution is -2.64. The fourth-order valence-electron chi connectivity index (χ4n) is 5.84. The molecule has 12 nitrogen and oxygen atoms in total. The summed E-state index contributed by atoms with van der Waals surface area (Å²) in [5.41, 5.74) is 0. The number of carbonyl (C=O) groups excluding carboxylic acids is 1. The van der Waals surface area contributed by atoms with Crippen molar-refractivity contribution < 1.29 is 58.3 Å². The van der Waals surface area contributed by atoms with E-state index in [0.717, 1.165) is 83.5 Å². The molecule has 6 unspecified atom stereocenters. The van der Waals surface area contributed by atoms with Gasteiger partial charge in [0.2, 0.25) is 0 Å². The van der Waals surface area contributed by atoms with Crippen molar-refractivity contribution in [3.63, 3.8) is 0 Å². The zero-order chi connectivity index (χ0) is 45.5. The van der Waals surface area contributed by atoms with Crippen molar-refractivity contribution >= 4 is 13.8 Å². The first-order valence-electron chi connectivity index (χ1n) is 22.4. The molecule has 0 bridgehead atoms. The maximum absolute atomic E-state index is 12.8. The second kappa shape index (κ2) is 38.2. The van der Waals surface area contributed by atoms with Crippen LogP contribution in [0.5, 0.6) is 0 Å². The number of carbonyl (C=O) groups is 1. The zero-order valence-corrected chi connectivity index (χ0v) is 38.0. The van der Waals surface area contributed by atoms with E-state index in [1.165, 1.54) is 0 Å². The van der Waals surface area contributed by atoms with E-state index in [2.05, 4.69) is 117 Å². The lowest BCUT2D eigenvalue weighted by molar-refractivity contribution is -0.220. The summed E-state index contributed by atoms with van der Waals surface area (Å²) < 4.78 is 34.0. The number of unbranched alkanes of at least 4 members (excludes halogenated alkanes) is 3. The number of esters is 1. The molecule has 0 spiro atoms. The SMILES string of the molecule is CC/C=C\C/C=C\C/C=C\C/C=C\C/C=C\C/C=C\CCCCCOCC(COP(=O)(O)OC1C(O)C(O)C(O)C(O)C1O)OC(=O)CC/C=C\C/C=C\C/C=C\C/C=C\CC. The molecule has 1 fully saturated rings. The van der Waals surface area contributed by atoms with Crippen molar-refractivity contribution in [2.24, 2.45) is 0 Å². The van der Waals surface area contributed by atoms with E-state index in [1.807, 2.05) is 18.2 Å². The van der Waals surface area contributed by atoms with E-state index in [-0.39, 0.29) is 13.0 Å². The summed E-state index contributed by atoms with van der Waals surface area (Å²) in [5.74, 6) is -0.576. The fraction of sp³-hybridized carbons (Fsp3) is 0.571. The van der Waals surface area contributed by atoms with Crippen LogP contribution in [0.1, 0.15) is 117 Å². The standard InChI is InChI=1S/C49H77O12P/c1-3-5-7-9-11-13-15-17-18-19-20-21-22-23-24-25-27-29-31-33-35-37-39-58-40-42(41-59-62(56,57)61-49-47(54)45(52)44(51)46(53)48(49)55)60-43(50)38-36-34-32-30-28-26-16-14-12-10-8-6-4-2/h5-8,11-14,17-18,20-21,23-24,26-29,32,34,42,44-49,51-55H,3-4,9-10,15-16,19,22,25,30-31,33,35-41H2,1-2H3,(H,56,57)/b7-5-,8-6-,13-11-,14-12-,18-17-,21-20-,24-23-,28-26-,29-27-,34-32-. The number of ether oxygens (including phenoxy) is 2. The van der Waals surface area contributed by atoms with E-state index in [9.17, 15) is 39.8 Å². The van der Waals surface area contributed by atoms with E-state index in [1.54, 1.807) is 0 Å². The van der Waals surface area contributed by atoms with Crippen molar-refractivity contribution in [3.05, 3.63) is 122 Å². The number of hydrogen-bond acceptors (Lipinski definition) is 11. The summed E-state index contributed by atoms with van der Waals surface area (Å²) >= 11 is 0. The van der Waals surface area contributed by atoms with E-state index >= 15 is 0 Å². The first-order chi connectivity index (χ1) is 30.0. The molecular formula is C49H77O12P. The second-order valence-electron chi connectivity index (χ2n) is 14.8. The summed E-state index contributed by atoms with van der Waals surface area (Å²) in [4.78, 5) is 23.1. The largest absolute Gasteiger partial charge is 0.472 e. The third-order valence-corrected chi connectivity index (χ3v) is 10.3. The molecule has 6 atom stereocenters. The number of phosphoric acid groups is 1. The smallest absolute Gasteiger partial charge is 0.457 e. The molecule has 62 heavy (non-hydrogen) atoms. The number of hydrogen-bond donors (Lipinski definition) is 6. The highest BCUT2D eigenvalue weighted by molar-refractivity contribution is 7.47. The van der Waals surface area contributed by atoms with Crippen molar-refractivity contribution in [2.45, 2.75) is 159 Å². The van der Waals surface area contributed by atoms with Crippen LogP contribution in [0.15, 0.2) is 122 Å². The second-order valence-corrected chi connectivity index (χ2v) is 16.2. The van der Waals surface area contributed by atoms with Crippen molar-refractivity contribution in [2.75, 3.05) is 19.8 Å². The molecule has 1 rings (SSSR count). The quantitative estimate of drug-likeness (QED) is 0.0153. The molecule has 1 saturated carbocycles. The Labute approximate surface area is 371 Å². The molecule has 1 aliphatic rings. The Morgan fingerprint density at radius 3 is 1.34 bits per heavy atom. The van der Waals surface area contributed by atoms with Crippen LogP contribution < -0.4 is 0 Å². The number of phosphoric ester groups is 1. The van der Waals surface area contributed by atoms with Crippen LogP contribution >= 0.6 is 7.82 Å². The van der Waals surface area contributed by atoms with Gasteiger partial charge in [-0.2, -0.15) is 0 Å². The van der Waals surface area contributed by atoms with Gasteiger partial charge in [-0.3, -0.25) is 13.8 Å². The fourth-order valence-corrected chi connectivity index (χ4v) is 6.81. The Bertz CT molecular complexity index is 1480. The van der Waals surface area contributed by atoms with Gasteiger partial charge in [0.05, 0.1) is 13.2 Å². The minimum absolute atomic E-state index is 0.0468. The molecule has 0 saturated heterocycles. The average molecular weight is 889 g/mol. The lowest BCUT2D eigenvalue weighted by Gasteiger charge is -2.41. The Hall–Kier alpha value is -3.26. The molecule has 0 aromatic carbocycles. The van der Waals surface area contributed by atoms with Crippen LogP contribution in [0.25, 0.3) is 0 Å². The highest BCUT2D eigenvalue weighted by atomic mass is 31.2. The van der Waals surface area contributed by atoms with Gasteiger partial charge in [-0.15, -0.1) is 0 Å². The normalized spacial score (nSPS) is 23.2. The molecule has 0 aromatic rings. The molecule has 0 heterocycles. The maximum atomic E-state index is 12.8. The van der Waals surface area contributed by atoms with Crippen molar-refractivity contribution in [1.82, 2.24) is 0 Å². The Morgan fingerprint density at radius 2 is 0.903 bits per heavy atom. The molecule has 1 aliphatic carbocycles. The van der Waals surface area contributed by atoms with Crippen LogP contribution in [0.3, 0.4) is 0 Å². The van der Waals surface area contributed by atoms with Gasteiger partial charge in [-0.05, 0) is 89.9 Å². The zero-order valence-electron chi connectivity index (χ0n) is 37.1. The summed E-state index contributed by atoms with van der Waals surface area (Å²) in [7, 11) is -5.05. The maximum Gasteiger partial charge on any atom is 0.472 e. The van der Waals surface area contributed by atoms with Gasteiger partial charge in [0.15, 0.2) is 0 Å². The predicted octanol–water partition coefficient (Wildman–Crippen LogP) is 9.08. The number of aliphatic hydroxyl groups excluding tert-OH is 5. The third kappa shape index (κ3) is 29.9. The first-order valence-corrected chi connectivity index (χ1v) is 23.9. The van der Waals surface area contributed by atoms with Gasteiger partial charge >= 0.3 is 13.8 Å². The molecule has 0 radical (unpaired) electrons. The Kier molecular flexibility index (Phi) is 35.0. The summed E-state index contributed by atoms with van der Waals surface area (Å²) in [6, 6.07) is 0. The van der Waals surface area contributed by atoms with Gasteiger partial charge in [-0.25, -0.2) is 4.57 Å². The molecule has 6 N–H and O–H groups in total. The number of aliphatic hydroxyl groups is 5. The predicted molar refractivity (Wildman–Crippen MR) is 248 cm³/mol. The first kappa shape index (κ1) is 56.8. The summed E-state index contributed by atoms with van der Waals surface area (Å²) in [5, 5.41) is 50.1. The van der Waals surface area contributed by atoms with Gasteiger partial charge in [0, 0.05) is 13.0 Å². The van der Waals surface area contributed by atoms with E-state index in [4.69, 9.17) is 18.5 Å². The Balaban J connectivity index is 2.47. The number of rotatable bonds is 35. The van der Waals surface area contributed by atoms with Gasteiger partial charge < -0.3 is 39.9 Å². The van der Waals surface area contributed by atoms with Crippen LogP contribution in [0, 0.1) is 0 Å². The van der Waals surface area contributed by atoms with Crippen molar-refractivity contribution in [3.8, 4) is 0 Å². The van der Waals surface area contributed by atoms with Crippen LogP contribution in [-0.2, 0) is 27.9 Å². The van der Waals surface area contributed by atoms with Gasteiger partial charge in [0.25, 0.3) is 0 Å². The molecule has 350 valence electrons. The highest BCUT2D eigenvalue weighted by Crippen LogP contribution is 2.47. The average Bonchev–Trinajstić information content (AvgIpc) is 3.26. The van der Waals surface area contributed by atoms with Gasteiger partial charge in [0.1, 0.15) is 42.7 Å². The topological polar surface area (TPSA) is 192 Å². The number of allylic oxidation sites excluding steroid dienone is 20. The molecule has 0 aliphatic heterocycles. The van der Waals surface area contributed by atoms with Crippen molar-refractivity contribution in [1.29, 1.82) is 0 Å². The summed E-state index contributed by atoms with van der Waals surface area (Å²) in [6.07, 6.45) is 42.9. The summed E-state index contributed by atoms with van der Waals surface area (Å²) in [6.45, 7) is 3.83. The van der Waals surface area contributed by atoms with Gasteiger partial charge in [-0.1, -0.05) is 142 Å². The van der Waals surface area contributed by atoms with E-state index in [0.29, 0.717) is 19.4 Å². The van der Waals surface area contributed by atoms with Crippen LogP contribution in [0.4, 0.5) is 0 Å². The van der Waals surface area contributed by atoms with Crippen LogP contribution in [-0.4, -0.2) is 98.9 Å². The highest BCUT2D eigenvalue weighted by Gasteiger charge is 2.51. The molecule has 0 amide bonds. The van der Waals surface area contributed by atoms with Crippen LogP contribution in [0.2, 0.25) is 0 Å². The molecule has 0 aromatic heterocycles. The Morgan fingerprint density at radius 1 is 0.516 bits per heavy atom. The minimum Gasteiger partial charge on any atom is -0.457 e. The lowest BCUT2D eigenvalue weighted by atomic mass is 9.85. The third-order valence-electron chi connectivity index (χ3n) is 9.34. The molecular weight excluding hydrogens is 812 g/mol. The molecule has 13 heteroatoms.